The van der Waals surface area contributed by atoms with Gasteiger partial charge in [-0.1, -0.05) is 12.1 Å². The maximum absolute atomic E-state index is 12.6. The zero-order valence-electron chi connectivity index (χ0n) is 12.5. The van der Waals surface area contributed by atoms with Crippen molar-refractivity contribution in [3.05, 3.63) is 30.1 Å². The Morgan fingerprint density at radius 1 is 1.32 bits per heavy atom. The number of amides is 1. The molecule has 1 saturated heterocycles. The summed E-state index contributed by atoms with van der Waals surface area (Å²) >= 11 is 0. The molecule has 1 N–H and O–H groups in total. The van der Waals surface area contributed by atoms with E-state index in [1.807, 2.05) is 35.8 Å². The Labute approximate surface area is 128 Å². The molecule has 0 radical (unpaired) electrons. The van der Waals surface area contributed by atoms with Crippen LogP contribution in [0.3, 0.4) is 0 Å². The molecule has 22 heavy (non-hydrogen) atoms. The fourth-order valence-electron chi connectivity index (χ4n) is 3.11. The van der Waals surface area contributed by atoms with Crippen molar-refractivity contribution in [3.8, 4) is 0 Å². The fourth-order valence-corrected chi connectivity index (χ4v) is 3.11. The largest absolute Gasteiger partial charge is 0.480 e. The summed E-state index contributed by atoms with van der Waals surface area (Å²) < 4.78 is 1.85. The van der Waals surface area contributed by atoms with E-state index in [1.165, 1.54) is 4.90 Å². The van der Waals surface area contributed by atoms with Crippen molar-refractivity contribution >= 4 is 22.9 Å². The lowest BCUT2D eigenvalue weighted by molar-refractivity contribution is -0.152. The Morgan fingerprint density at radius 3 is 2.86 bits per heavy atom. The van der Waals surface area contributed by atoms with E-state index < -0.39 is 12.0 Å². The molecule has 1 fully saturated rings. The Hall–Kier alpha value is -2.37. The third-order valence-electron chi connectivity index (χ3n) is 4.25. The Bertz CT molecular complexity index is 722. The zero-order valence-corrected chi connectivity index (χ0v) is 12.5. The average Bonchev–Trinajstić information content (AvgIpc) is 2.83. The number of rotatable bonds is 3. The smallest absolute Gasteiger partial charge is 0.326 e. The third-order valence-corrected chi connectivity index (χ3v) is 4.25. The summed E-state index contributed by atoms with van der Waals surface area (Å²) in [6.45, 7) is 2.51. The highest BCUT2D eigenvalue weighted by atomic mass is 16.4. The topological polar surface area (TPSA) is 75.4 Å². The first-order valence-electron chi connectivity index (χ1n) is 7.52. The van der Waals surface area contributed by atoms with E-state index >= 15 is 0 Å². The van der Waals surface area contributed by atoms with Gasteiger partial charge in [-0.05, 0) is 38.3 Å². The molecular weight excluding hydrogens is 282 g/mol. The van der Waals surface area contributed by atoms with E-state index in [1.54, 1.807) is 0 Å². The molecule has 1 aliphatic heterocycles. The monoisotopic (exact) mass is 301 g/mol. The van der Waals surface area contributed by atoms with Gasteiger partial charge in [-0.3, -0.25) is 4.79 Å². The molecule has 6 heteroatoms. The van der Waals surface area contributed by atoms with Crippen molar-refractivity contribution in [2.45, 2.75) is 38.8 Å². The number of carboxylic acid groups (broad SMARTS) is 1. The maximum atomic E-state index is 12.6. The molecule has 1 amide bonds. The number of likely N-dealkylation sites (tertiary alicyclic amines) is 1. The van der Waals surface area contributed by atoms with Crippen LogP contribution in [0.4, 0.5) is 0 Å². The summed E-state index contributed by atoms with van der Waals surface area (Å²) in [6, 6.07) is 6.95. The Morgan fingerprint density at radius 2 is 2.09 bits per heavy atom. The highest BCUT2D eigenvalue weighted by molar-refractivity contribution is 5.85. The van der Waals surface area contributed by atoms with Crippen LogP contribution in [0.1, 0.15) is 25.1 Å². The second kappa shape index (κ2) is 5.79. The minimum Gasteiger partial charge on any atom is -0.480 e. The van der Waals surface area contributed by atoms with Crippen molar-refractivity contribution in [1.82, 2.24) is 14.5 Å². The number of aryl methyl sites for hydroxylation is 1. The summed E-state index contributed by atoms with van der Waals surface area (Å²) in [5.41, 5.74) is 1.75. The molecule has 1 aromatic heterocycles. The molecule has 0 aliphatic carbocycles. The summed E-state index contributed by atoms with van der Waals surface area (Å²) in [5.74, 6) is -0.308. The van der Waals surface area contributed by atoms with Gasteiger partial charge in [0.25, 0.3) is 0 Å². The number of aromatic nitrogens is 2. The van der Waals surface area contributed by atoms with Crippen molar-refractivity contribution in [3.63, 3.8) is 0 Å². The van der Waals surface area contributed by atoms with Crippen LogP contribution in [0, 0.1) is 6.92 Å². The summed E-state index contributed by atoms with van der Waals surface area (Å²) in [4.78, 5) is 29.9. The first-order valence-corrected chi connectivity index (χ1v) is 7.52. The van der Waals surface area contributed by atoms with E-state index in [0.717, 1.165) is 29.7 Å². The van der Waals surface area contributed by atoms with Gasteiger partial charge in [0.1, 0.15) is 18.4 Å². The first-order chi connectivity index (χ1) is 10.6. The second-order valence-electron chi connectivity index (χ2n) is 5.67. The van der Waals surface area contributed by atoms with Crippen LogP contribution in [0.25, 0.3) is 11.0 Å². The molecule has 116 valence electrons. The molecule has 1 unspecified atom stereocenters. The van der Waals surface area contributed by atoms with Crippen molar-refractivity contribution in [2.24, 2.45) is 0 Å². The van der Waals surface area contributed by atoms with Crippen molar-refractivity contribution in [2.75, 3.05) is 6.54 Å². The van der Waals surface area contributed by atoms with Gasteiger partial charge in [-0.25, -0.2) is 9.78 Å². The standard InChI is InChI=1S/C16H19N3O3/c1-11-17-12-6-2-3-7-13(12)19(11)10-15(20)18-9-5-4-8-14(18)16(21)22/h2-3,6-7,14H,4-5,8-10H2,1H3,(H,21,22). The van der Waals surface area contributed by atoms with Gasteiger partial charge in [0.15, 0.2) is 0 Å². The molecule has 1 aliphatic rings. The molecule has 2 aromatic rings. The molecule has 0 spiro atoms. The predicted molar refractivity (Wildman–Crippen MR) is 81.5 cm³/mol. The number of aliphatic carboxylic acids is 1. The molecule has 0 bridgehead atoms. The number of carbonyl (C=O) groups excluding carboxylic acids is 1. The van der Waals surface area contributed by atoms with E-state index in [4.69, 9.17) is 0 Å². The SMILES string of the molecule is Cc1nc2ccccc2n1CC(=O)N1CCCCC1C(=O)O. The van der Waals surface area contributed by atoms with Gasteiger partial charge in [0, 0.05) is 6.54 Å². The highest BCUT2D eigenvalue weighted by Gasteiger charge is 2.32. The third kappa shape index (κ3) is 2.56. The molecule has 1 atom stereocenters. The van der Waals surface area contributed by atoms with Gasteiger partial charge in [-0.2, -0.15) is 0 Å². The zero-order chi connectivity index (χ0) is 15.7. The van der Waals surface area contributed by atoms with Crippen LogP contribution >= 0.6 is 0 Å². The number of carbonyl (C=O) groups is 2. The molecular formula is C16H19N3O3. The molecule has 3 rings (SSSR count). The molecule has 2 heterocycles. The quantitative estimate of drug-likeness (QED) is 0.938. The lowest BCUT2D eigenvalue weighted by atomic mass is 10.0. The van der Waals surface area contributed by atoms with Gasteiger partial charge in [0.05, 0.1) is 11.0 Å². The normalized spacial score (nSPS) is 18.6. The highest BCUT2D eigenvalue weighted by Crippen LogP contribution is 2.20. The summed E-state index contributed by atoms with van der Waals surface area (Å²) in [7, 11) is 0. The molecule has 1 aromatic carbocycles. The predicted octanol–water partition coefficient (Wildman–Crippen LogP) is 1.81. The Balaban J connectivity index is 1.86. The van der Waals surface area contributed by atoms with Gasteiger partial charge >= 0.3 is 5.97 Å². The van der Waals surface area contributed by atoms with Crippen molar-refractivity contribution in [1.29, 1.82) is 0 Å². The van der Waals surface area contributed by atoms with Crippen LogP contribution in [-0.4, -0.2) is 44.0 Å². The molecule has 0 saturated carbocycles. The lowest BCUT2D eigenvalue weighted by Gasteiger charge is -2.33. The van der Waals surface area contributed by atoms with Crippen LogP contribution in [-0.2, 0) is 16.1 Å². The first kappa shape index (κ1) is 14.6. The number of carboxylic acids is 1. The number of benzene rings is 1. The Kier molecular flexibility index (Phi) is 3.83. The number of imidazole rings is 1. The van der Waals surface area contributed by atoms with E-state index in [9.17, 15) is 14.7 Å². The average molecular weight is 301 g/mol. The van der Waals surface area contributed by atoms with Gasteiger partial charge in [-0.15, -0.1) is 0 Å². The van der Waals surface area contributed by atoms with Gasteiger partial charge in [0.2, 0.25) is 5.91 Å². The van der Waals surface area contributed by atoms with E-state index in [-0.39, 0.29) is 12.5 Å². The number of hydrogen-bond donors (Lipinski definition) is 1. The fraction of sp³-hybridized carbons (Fsp3) is 0.438. The minimum absolute atomic E-state index is 0.135. The minimum atomic E-state index is -0.916. The van der Waals surface area contributed by atoms with Crippen LogP contribution < -0.4 is 0 Å². The number of fused-ring (bicyclic) bond motifs is 1. The van der Waals surface area contributed by atoms with Crippen LogP contribution in [0.15, 0.2) is 24.3 Å². The van der Waals surface area contributed by atoms with E-state index in [2.05, 4.69) is 4.98 Å². The van der Waals surface area contributed by atoms with Crippen LogP contribution in [0.5, 0.6) is 0 Å². The number of hydrogen-bond acceptors (Lipinski definition) is 3. The maximum Gasteiger partial charge on any atom is 0.326 e. The van der Waals surface area contributed by atoms with Gasteiger partial charge < -0.3 is 14.6 Å². The number of para-hydroxylation sites is 2. The van der Waals surface area contributed by atoms with Crippen molar-refractivity contribution < 1.29 is 14.7 Å². The van der Waals surface area contributed by atoms with Crippen LogP contribution in [0.2, 0.25) is 0 Å². The summed E-state index contributed by atoms with van der Waals surface area (Å²) in [5, 5.41) is 9.30. The van der Waals surface area contributed by atoms with E-state index in [0.29, 0.717) is 13.0 Å². The number of nitrogens with zero attached hydrogens (tertiary/aromatic N) is 3. The number of piperidine rings is 1. The molecule has 6 nitrogen and oxygen atoms in total. The second-order valence-corrected chi connectivity index (χ2v) is 5.67. The lowest BCUT2D eigenvalue weighted by Crippen LogP contribution is -2.49. The summed E-state index contributed by atoms with van der Waals surface area (Å²) in [6.07, 6.45) is 2.25.